The highest BCUT2D eigenvalue weighted by atomic mass is 32.1. The second kappa shape index (κ2) is 9.46. The van der Waals surface area contributed by atoms with Gasteiger partial charge in [-0.3, -0.25) is 9.36 Å². The summed E-state index contributed by atoms with van der Waals surface area (Å²) in [7, 11) is 0. The SMILES string of the molecule is CCCCOc1csc(C2=NC(=O)c3c2c(O)n(C(N)CCC)c3C2C=CC(C)=CC2)c1. The van der Waals surface area contributed by atoms with Gasteiger partial charge in [-0.1, -0.05) is 50.5 Å². The lowest BCUT2D eigenvalue weighted by atomic mass is 9.91. The lowest BCUT2D eigenvalue weighted by Crippen LogP contribution is -2.22. The zero-order valence-electron chi connectivity index (χ0n) is 18.9. The number of hydrogen-bond donors (Lipinski definition) is 2. The minimum Gasteiger partial charge on any atom is -0.494 e. The molecule has 0 saturated carbocycles. The van der Waals surface area contributed by atoms with E-state index in [-0.39, 0.29) is 17.7 Å². The minimum atomic E-state index is -0.411. The van der Waals surface area contributed by atoms with Gasteiger partial charge in [0.05, 0.1) is 34.5 Å². The zero-order chi connectivity index (χ0) is 22.8. The first kappa shape index (κ1) is 22.6. The first-order valence-corrected chi connectivity index (χ1v) is 12.3. The third-order valence-electron chi connectivity index (χ3n) is 6.01. The Morgan fingerprint density at radius 2 is 2.16 bits per heavy atom. The fourth-order valence-electron chi connectivity index (χ4n) is 4.34. The molecule has 0 aromatic carbocycles. The van der Waals surface area contributed by atoms with Gasteiger partial charge in [-0.15, -0.1) is 11.3 Å². The molecule has 0 bridgehead atoms. The number of aromatic nitrogens is 1. The van der Waals surface area contributed by atoms with E-state index in [0.29, 0.717) is 29.9 Å². The monoisotopic (exact) mass is 453 g/mol. The highest BCUT2D eigenvalue weighted by Crippen LogP contribution is 2.44. The largest absolute Gasteiger partial charge is 0.494 e. The van der Waals surface area contributed by atoms with Gasteiger partial charge in [-0.05, 0) is 26.2 Å². The fourth-order valence-corrected chi connectivity index (χ4v) is 5.16. The molecule has 4 rings (SSSR count). The summed E-state index contributed by atoms with van der Waals surface area (Å²) >= 11 is 1.47. The maximum Gasteiger partial charge on any atom is 0.280 e. The predicted octanol–water partition coefficient (Wildman–Crippen LogP) is 5.67. The number of allylic oxidation sites excluding steroid dienone is 4. The van der Waals surface area contributed by atoms with Crippen molar-refractivity contribution < 1.29 is 14.6 Å². The van der Waals surface area contributed by atoms with E-state index in [9.17, 15) is 9.90 Å². The molecule has 0 spiro atoms. The first-order chi connectivity index (χ1) is 15.5. The molecule has 3 N–H and O–H groups in total. The van der Waals surface area contributed by atoms with Crippen molar-refractivity contribution in [2.45, 2.75) is 65.0 Å². The van der Waals surface area contributed by atoms with Crippen LogP contribution in [0.15, 0.2) is 40.2 Å². The third-order valence-corrected chi connectivity index (χ3v) is 6.92. The normalized spacial score (nSPS) is 18.5. The maximum atomic E-state index is 13.1. The number of hydrogen-bond acceptors (Lipinski definition) is 5. The summed E-state index contributed by atoms with van der Waals surface area (Å²) in [6, 6.07) is 1.90. The van der Waals surface area contributed by atoms with E-state index in [1.807, 2.05) is 11.4 Å². The van der Waals surface area contributed by atoms with Gasteiger partial charge in [0, 0.05) is 23.1 Å². The molecule has 0 radical (unpaired) electrons. The van der Waals surface area contributed by atoms with Crippen LogP contribution in [0.25, 0.3) is 0 Å². The Balaban J connectivity index is 1.77. The molecule has 2 atom stereocenters. The number of nitrogens with zero attached hydrogens (tertiary/aromatic N) is 2. The summed E-state index contributed by atoms with van der Waals surface area (Å²) in [5.74, 6) is 0.442. The Hall–Kier alpha value is -2.64. The smallest absolute Gasteiger partial charge is 0.280 e. The second-order valence-corrected chi connectivity index (χ2v) is 9.36. The Morgan fingerprint density at radius 3 is 2.84 bits per heavy atom. The number of thiophene rings is 1. The number of unbranched alkanes of at least 4 members (excludes halogenated alkanes) is 1. The van der Waals surface area contributed by atoms with E-state index in [1.54, 1.807) is 4.57 Å². The molecule has 170 valence electrons. The topological polar surface area (TPSA) is 89.8 Å². The van der Waals surface area contributed by atoms with Crippen LogP contribution in [-0.4, -0.2) is 27.9 Å². The summed E-state index contributed by atoms with van der Waals surface area (Å²) in [5.41, 5.74) is 9.94. The van der Waals surface area contributed by atoms with Gasteiger partial charge >= 0.3 is 0 Å². The molecule has 32 heavy (non-hydrogen) atoms. The number of carbonyl (C=O) groups excluding carboxylic acids is 1. The van der Waals surface area contributed by atoms with Gasteiger partial charge in [0.1, 0.15) is 5.75 Å². The third kappa shape index (κ3) is 4.07. The summed E-state index contributed by atoms with van der Waals surface area (Å²) < 4.78 is 7.56. The number of nitrogens with two attached hydrogens (primary N) is 1. The molecule has 0 saturated heterocycles. The molecule has 1 aliphatic carbocycles. The molecule has 0 fully saturated rings. The summed E-state index contributed by atoms with van der Waals surface area (Å²) in [6.45, 7) is 6.89. The van der Waals surface area contributed by atoms with Crippen LogP contribution in [0.4, 0.5) is 0 Å². The number of carbonyl (C=O) groups is 1. The summed E-state index contributed by atoms with van der Waals surface area (Å²) in [6.07, 6.45) is 10.3. The first-order valence-electron chi connectivity index (χ1n) is 11.4. The highest BCUT2D eigenvalue weighted by Gasteiger charge is 2.39. The number of amides is 1. The van der Waals surface area contributed by atoms with Crippen molar-refractivity contribution in [3.8, 4) is 11.6 Å². The van der Waals surface area contributed by atoms with Crippen molar-refractivity contribution in [1.82, 2.24) is 4.57 Å². The molecule has 7 heteroatoms. The molecule has 2 unspecified atom stereocenters. The maximum absolute atomic E-state index is 13.1. The van der Waals surface area contributed by atoms with E-state index in [2.05, 4.69) is 44.0 Å². The quantitative estimate of drug-likeness (QED) is 0.479. The second-order valence-electron chi connectivity index (χ2n) is 8.45. The number of ether oxygens (including phenoxy) is 1. The highest BCUT2D eigenvalue weighted by molar-refractivity contribution is 7.12. The van der Waals surface area contributed by atoms with Crippen molar-refractivity contribution in [2.75, 3.05) is 6.61 Å². The van der Waals surface area contributed by atoms with Crippen LogP contribution in [0.3, 0.4) is 0 Å². The van der Waals surface area contributed by atoms with E-state index in [0.717, 1.165) is 42.0 Å². The van der Waals surface area contributed by atoms with Gasteiger partial charge in [0.25, 0.3) is 5.91 Å². The van der Waals surface area contributed by atoms with Gasteiger partial charge < -0.3 is 15.6 Å². The summed E-state index contributed by atoms with van der Waals surface area (Å²) in [4.78, 5) is 18.3. The Kier molecular flexibility index (Phi) is 6.67. The molecule has 6 nitrogen and oxygen atoms in total. The molecule has 3 heterocycles. The number of rotatable bonds is 9. The van der Waals surface area contributed by atoms with Gasteiger partial charge in [0.15, 0.2) is 0 Å². The molecule has 1 aliphatic heterocycles. The molecule has 2 aromatic heterocycles. The van der Waals surface area contributed by atoms with E-state index in [1.165, 1.54) is 16.9 Å². The van der Waals surface area contributed by atoms with Crippen molar-refractivity contribution in [3.63, 3.8) is 0 Å². The zero-order valence-corrected chi connectivity index (χ0v) is 19.7. The van der Waals surface area contributed by atoms with Crippen LogP contribution in [0.1, 0.15) is 91.5 Å². The van der Waals surface area contributed by atoms with Crippen molar-refractivity contribution >= 4 is 23.0 Å². The standard InChI is InChI=1S/C25H31N3O3S/c1-4-6-12-31-17-13-18(32-14-17)22-20-21(24(29)27-22)23(16-10-8-15(3)9-11-16)28(25(20)30)19(26)7-5-2/h8-10,13-14,16,19,30H,4-7,11-12,26H2,1-3H3. The average Bonchev–Trinajstić information content (AvgIpc) is 3.44. The Bertz CT molecular complexity index is 1110. The summed E-state index contributed by atoms with van der Waals surface area (Å²) in [5, 5.41) is 13.2. The lowest BCUT2D eigenvalue weighted by molar-refractivity contribution is 0.100. The lowest BCUT2D eigenvalue weighted by Gasteiger charge is -2.23. The van der Waals surface area contributed by atoms with Crippen LogP contribution < -0.4 is 10.5 Å². The minimum absolute atomic E-state index is 0.0297. The Labute approximate surface area is 193 Å². The molecule has 2 aliphatic rings. The average molecular weight is 454 g/mol. The van der Waals surface area contributed by atoms with Crippen LogP contribution in [0.2, 0.25) is 0 Å². The van der Waals surface area contributed by atoms with Crippen LogP contribution >= 0.6 is 11.3 Å². The molecule has 2 aromatic rings. The van der Waals surface area contributed by atoms with E-state index < -0.39 is 6.17 Å². The molecular weight excluding hydrogens is 422 g/mol. The van der Waals surface area contributed by atoms with Crippen molar-refractivity contribution in [2.24, 2.45) is 10.7 Å². The van der Waals surface area contributed by atoms with Crippen molar-refractivity contribution in [1.29, 1.82) is 0 Å². The van der Waals surface area contributed by atoms with Crippen molar-refractivity contribution in [3.05, 3.63) is 56.9 Å². The fraction of sp³-hybridized carbons (Fsp3) is 0.440. The van der Waals surface area contributed by atoms with Crippen LogP contribution in [0, 0.1) is 0 Å². The van der Waals surface area contributed by atoms with E-state index >= 15 is 0 Å². The van der Waals surface area contributed by atoms with Crippen LogP contribution in [-0.2, 0) is 0 Å². The molecule has 1 amide bonds. The van der Waals surface area contributed by atoms with E-state index in [4.69, 9.17) is 10.5 Å². The Morgan fingerprint density at radius 1 is 1.34 bits per heavy atom. The number of aliphatic imine (C=N–C) groups is 1. The number of aromatic hydroxyl groups is 1. The number of fused-ring (bicyclic) bond motifs is 1. The van der Waals surface area contributed by atoms with Gasteiger partial charge in [-0.25, -0.2) is 4.99 Å². The van der Waals surface area contributed by atoms with Gasteiger partial charge in [-0.2, -0.15) is 0 Å². The van der Waals surface area contributed by atoms with Crippen LogP contribution in [0.5, 0.6) is 11.6 Å². The predicted molar refractivity (Wildman–Crippen MR) is 129 cm³/mol. The molecular formula is C25H31N3O3S. The van der Waals surface area contributed by atoms with Gasteiger partial charge in [0.2, 0.25) is 5.88 Å².